The molecule has 2 heteroatoms. The first kappa shape index (κ1) is 11.3. The highest BCUT2D eigenvalue weighted by Crippen LogP contribution is 2.13. The first-order valence-electron chi connectivity index (χ1n) is 4.66. The highest BCUT2D eigenvalue weighted by Gasteiger charge is 2.20. The third kappa shape index (κ3) is 3.16. The van der Waals surface area contributed by atoms with Crippen LogP contribution in [0.3, 0.4) is 0 Å². The number of ketones is 1. The van der Waals surface area contributed by atoms with Crippen LogP contribution in [-0.2, 0) is 9.59 Å². The molecule has 0 aliphatic carbocycles. The SMILES string of the molecule is CCCC(C=O)C(=O)C(C)CC. The van der Waals surface area contributed by atoms with E-state index in [1.54, 1.807) is 0 Å². The zero-order chi connectivity index (χ0) is 9.56. The van der Waals surface area contributed by atoms with Crippen LogP contribution in [0, 0.1) is 11.8 Å². The quantitative estimate of drug-likeness (QED) is 0.452. The van der Waals surface area contributed by atoms with Crippen molar-refractivity contribution in [3.05, 3.63) is 0 Å². The van der Waals surface area contributed by atoms with Gasteiger partial charge in [0.1, 0.15) is 12.1 Å². The van der Waals surface area contributed by atoms with E-state index in [-0.39, 0.29) is 17.6 Å². The van der Waals surface area contributed by atoms with E-state index < -0.39 is 0 Å². The predicted octanol–water partition coefficient (Wildman–Crippen LogP) is 2.22. The molecule has 0 radical (unpaired) electrons. The van der Waals surface area contributed by atoms with Gasteiger partial charge in [-0.25, -0.2) is 0 Å². The van der Waals surface area contributed by atoms with Crippen molar-refractivity contribution < 1.29 is 9.59 Å². The topological polar surface area (TPSA) is 34.1 Å². The summed E-state index contributed by atoms with van der Waals surface area (Å²) in [5.74, 6) is -0.217. The third-order valence-electron chi connectivity index (χ3n) is 2.23. The van der Waals surface area contributed by atoms with E-state index in [9.17, 15) is 9.59 Å². The second kappa shape index (κ2) is 5.92. The summed E-state index contributed by atoms with van der Waals surface area (Å²) in [5.41, 5.74) is 0. The van der Waals surface area contributed by atoms with E-state index in [1.807, 2.05) is 20.8 Å². The summed E-state index contributed by atoms with van der Waals surface area (Å²) >= 11 is 0. The summed E-state index contributed by atoms with van der Waals surface area (Å²) in [4.78, 5) is 22.0. The highest BCUT2D eigenvalue weighted by molar-refractivity contribution is 5.94. The summed E-state index contributed by atoms with van der Waals surface area (Å²) in [6, 6.07) is 0. The van der Waals surface area contributed by atoms with Crippen LogP contribution in [0.1, 0.15) is 40.0 Å². The van der Waals surface area contributed by atoms with Crippen LogP contribution in [0.4, 0.5) is 0 Å². The number of Topliss-reactive ketones (excluding diaryl/α,β-unsaturated/α-hetero) is 1. The van der Waals surface area contributed by atoms with Gasteiger partial charge in [-0.3, -0.25) is 4.79 Å². The fourth-order valence-corrected chi connectivity index (χ4v) is 1.16. The molecule has 2 unspecified atom stereocenters. The van der Waals surface area contributed by atoms with Crippen molar-refractivity contribution in [2.24, 2.45) is 11.8 Å². The summed E-state index contributed by atoms with van der Waals surface area (Å²) in [6.45, 7) is 5.84. The van der Waals surface area contributed by atoms with Crippen molar-refractivity contribution in [3.8, 4) is 0 Å². The Bertz CT molecular complexity index is 152. The second-order valence-corrected chi connectivity index (χ2v) is 3.24. The Morgan fingerprint density at radius 3 is 2.33 bits per heavy atom. The molecular weight excluding hydrogens is 152 g/mol. The Morgan fingerprint density at radius 2 is 2.00 bits per heavy atom. The van der Waals surface area contributed by atoms with Gasteiger partial charge in [0.25, 0.3) is 0 Å². The van der Waals surface area contributed by atoms with Crippen LogP contribution < -0.4 is 0 Å². The number of hydrogen-bond donors (Lipinski definition) is 0. The molecule has 0 aromatic heterocycles. The molecule has 0 heterocycles. The van der Waals surface area contributed by atoms with Crippen LogP contribution in [0.25, 0.3) is 0 Å². The van der Waals surface area contributed by atoms with E-state index in [4.69, 9.17) is 0 Å². The monoisotopic (exact) mass is 170 g/mol. The fraction of sp³-hybridized carbons (Fsp3) is 0.800. The van der Waals surface area contributed by atoms with E-state index in [0.29, 0.717) is 6.42 Å². The van der Waals surface area contributed by atoms with Crippen molar-refractivity contribution in [3.63, 3.8) is 0 Å². The van der Waals surface area contributed by atoms with Gasteiger partial charge in [0.05, 0.1) is 5.92 Å². The molecule has 70 valence electrons. The van der Waals surface area contributed by atoms with Gasteiger partial charge in [-0.1, -0.05) is 27.2 Å². The second-order valence-electron chi connectivity index (χ2n) is 3.24. The Hall–Kier alpha value is -0.660. The van der Waals surface area contributed by atoms with Gasteiger partial charge in [0.15, 0.2) is 0 Å². The normalized spacial score (nSPS) is 15.2. The van der Waals surface area contributed by atoms with Gasteiger partial charge < -0.3 is 4.79 Å². The third-order valence-corrected chi connectivity index (χ3v) is 2.23. The molecule has 0 fully saturated rings. The minimum absolute atomic E-state index is 0.0340. The predicted molar refractivity (Wildman–Crippen MR) is 48.9 cm³/mol. The van der Waals surface area contributed by atoms with Crippen LogP contribution in [-0.4, -0.2) is 12.1 Å². The molecule has 2 atom stereocenters. The van der Waals surface area contributed by atoms with E-state index >= 15 is 0 Å². The largest absolute Gasteiger partial charge is 0.303 e. The fourth-order valence-electron chi connectivity index (χ4n) is 1.16. The Balaban J connectivity index is 4.10. The number of carbonyl (C=O) groups is 2. The minimum atomic E-state index is -0.357. The van der Waals surface area contributed by atoms with E-state index in [0.717, 1.165) is 19.1 Å². The Labute approximate surface area is 74.3 Å². The molecule has 0 aliphatic heterocycles. The first-order chi connectivity index (χ1) is 5.67. The van der Waals surface area contributed by atoms with Crippen LogP contribution in [0.15, 0.2) is 0 Å². The van der Waals surface area contributed by atoms with Gasteiger partial charge in [0, 0.05) is 5.92 Å². The van der Waals surface area contributed by atoms with Crippen LogP contribution >= 0.6 is 0 Å². The van der Waals surface area contributed by atoms with Gasteiger partial charge in [0.2, 0.25) is 0 Å². The van der Waals surface area contributed by atoms with Crippen molar-refractivity contribution in [1.82, 2.24) is 0 Å². The molecular formula is C10H18O2. The number of rotatable bonds is 6. The average molecular weight is 170 g/mol. The van der Waals surface area contributed by atoms with Gasteiger partial charge in [-0.15, -0.1) is 0 Å². The lowest BCUT2D eigenvalue weighted by Gasteiger charge is -2.12. The smallest absolute Gasteiger partial charge is 0.145 e. The zero-order valence-corrected chi connectivity index (χ0v) is 8.17. The molecule has 0 bridgehead atoms. The van der Waals surface area contributed by atoms with E-state index in [1.165, 1.54) is 0 Å². The lowest BCUT2D eigenvalue weighted by atomic mass is 9.90. The van der Waals surface area contributed by atoms with Crippen molar-refractivity contribution >= 4 is 12.1 Å². The molecule has 0 N–H and O–H groups in total. The maximum absolute atomic E-state index is 11.5. The maximum Gasteiger partial charge on any atom is 0.145 e. The average Bonchev–Trinajstić information content (AvgIpc) is 2.11. The van der Waals surface area contributed by atoms with Crippen molar-refractivity contribution in [2.45, 2.75) is 40.0 Å². The summed E-state index contributed by atoms with van der Waals surface area (Å²) in [6.07, 6.45) is 3.21. The van der Waals surface area contributed by atoms with Crippen molar-refractivity contribution in [2.75, 3.05) is 0 Å². The highest BCUT2D eigenvalue weighted by atomic mass is 16.1. The molecule has 0 aliphatic rings. The molecule has 0 saturated carbocycles. The first-order valence-corrected chi connectivity index (χ1v) is 4.66. The maximum atomic E-state index is 11.5. The van der Waals surface area contributed by atoms with Gasteiger partial charge in [-0.05, 0) is 12.8 Å². The molecule has 12 heavy (non-hydrogen) atoms. The van der Waals surface area contributed by atoms with Gasteiger partial charge in [-0.2, -0.15) is 0 Å². The molecule has 0 saturated heterocycles. The number of aldehydes is 1. The summed E-state index contributed by atoms with van der Waals surface area (Å²) in [7, 11) is 0. The van der Waals surface area contributed by atoms with Crippen LogP contribution in [0.2, 0.25) is 0 Å². The molecule has 2 nitrogen and oxygen atoms in total. The minimum Gasteiger partial charge on any atom is -0.303 e. The number of carbonyl (C=O) groups excluding carboxylic acids is 2. The molecule has 0 aromatic carbocycles. The molecule has 0 rings (SSSR count). The number of hydrogen-bond acceptors (Lipinski definition) is 2. The van der Waals surface area contributed by atoms with Crippen LogP contribution in [0.5, 0.6) is 0 Å². The van der Waals surface area contributed by atoms with Crippen molar-refractivity contribution in [1.29, 1.82) is 0 Å². The molecule has 0 spiro atoms. The lowest BCUT2D eigenvalue weighted by molar-refractivity contribution is -0.130. The Morgan fingerprint density at radius 1 is 1.42 bits per heavy atom. The summed E-state index contributed by atoms with van der Waals surface area (Å²) in [5, 5.41) is 0. The Kier molecular flexibility index (Phi) is 5.60. The van der Waals surface area contributed by atoms with Gasteiger partial charge >= 0.3 is 0 Å². The zero-order valence-electron chi connectivity index (χ0n) is 8.17. The summed E-state index contributed by atoms with van der Waals surface area (Å²) < 4.78 is 0. The molecule has 0 amide bonds. The lowest BCUT2D eigenvalue weighted by Crippen LogP contribution is -2.22. The molecule has 0 aromatic rings. The standard InChI is InChI=1S/C10H18O2/c1-4-6-9(7-11)10(12)8(3)5-2/h7-9H,4-6H2,1-3H3. The van der Waals surface area contributed by atoms with E-state index in [2.05, 4.69) is 0 Å².